The zero-order valence-electron chi connectivity index (χ0n) is 14.1. The number of benzene rings is 1. The van der Waals surface area contributed by atoms with Crippen LogP contribution >= 0.6 is 11.3 Å². The van der Waals surface area contributed by atoms with E-state index >= 15 is 0 Å². The van der Waals surface area contributed by atoms with E-state index in [9.17, 15) is 4.79 Å². The van der Waals surface area contributed by atoms with Gasteiger partial charge in [-0.05, 0) is 37.3 Å². The lowest BCUT2D eigenvalue weighted by atomic mass is 9.94. The smallest absolute Gasteiger partial charge is 0.227 e. The van der Waals surface area contributed by atoms with Crippen molar-refractivity contribution in [1.29, 1.82) is 0 Å². The minimum atomic E-state index is 0.105. The van der Waals surface area contributed by atoms with Gasteiger partial charge in [-0.1, -0.05) is 24.3 Å². The van der Waals surface area contributed by atoms with E-state index in [1.807, 2.05) is 6.92 Å². The molecule has 4 rings (SSSR count). The van der Waals surface area contributed by atoms with Crippen LogP contribution in [-0.4, -0.2) is 35.4 Å². The van der Waals surface area contributed by atoms with E-state index in [1.165, 1.54) is 11.1 Å². The number of hydrogen-bond acceptors (Lipinski definition) is 4. The van der Waals surface area contributed by atoms with Crippen molar-refractivity contribution >= 4 is 22.4 Å². The highest BCUT2D eigenvalue weighted by molar-refractivity contribution is 7.13. The highest BCUT2D eigenvalue weighted by atomic mass is 32.1. The summed E-state index contributed by atoms with van der Waals surface area (Å²) in [4.78, 5) is 22.0. The van der Waals surface area contributed by atoms with Crippen LogP contribution in [0.5, 0.6) is 0 Å². The molecule has 5 heteroatoms. The second-order valence-corrected chi connectivity index (χ2v) is 7.67. The molecule has 126 valence electrons. The maximum Gasteiger partial charge on any atom is 0.227 e. The lowest BCUT2D eigenvalue weighted by Gasteiger charge is -2.36. The van der Waals surface area contributed by atoms with E-state index < -0.39 is 0 Å². The number of amides is 1. The number of carbonyl (C=O) groups is 1. The third-order valence-electron chi connectivity index (χ3n) is 5.09. The lowest BCUT2D eigenvalue weighted by molar-refractivity contribution is -0.136. The van der Waals surface area contributed by atoms with Crippen LogP contribution in [-0.2, 0) is 17.8 Å². The summed E-state index contributed by atoms with van der Waals surface area (Å²) in [6.07, 6.45) is 3.04. The molecule has 1 fully saturated rings. The third kappa shape index (κ3) is 3.05. The van der Waals surface area contributed by atoms with Gasteiger partial charge in [0.25, 0.3) is 0 Å². The first-order valence-electron chi connectivity index (χ1n) is 8.73. The van der Waals surface area contributed by atoms with Gasteiger partial charge in [0.1, 0.15) is 0 Å². The van der Waals surface area contributed by atoms with Gasteiger partial charge in [0.2, 0.25) is 5.91 Å². The van der Waals surface area contributed by atoms with E-state index in [2.05, 4.69) is 44.4 Å². The summed E-state index contributed by atoms with van der Waals surface area (Å²) >= 11 is 1.69. The number of hydrogen-bond donors (Lipinski definition) is 0. The fourth-order valence-corrected chi connectivity index (χ4v) is 4.62. The van der Waals surface area contributed by atoms with E-state index in [0.717, 1.165) is 56.3 Å². The van der Waals surface area contributed by atoms with Crippen molar-refractivity contribution in [2.24, 2.45) is 5.92 Å². The Balaban J connectivity index is 1.45. The summed E-state index contributed by atoms with van der Waals surface area (Å²) < 4.78 is 0. The van der Waals surface area contributed by atoms with Crippen LogP contribution in [0.3, 0.4) is 0 Å². The molecular weight excluding hydrogens is 318 g/mol. The fraction of sp³-hybridized carbons (Fsp3) is 0.474. The van der Waals surface area contributed by atoms with Crippen molar-refractivity contribution in [2.75, 3.05) is 24.5 Å². The third-order valence-corrected chi connectivity index (χ3v) is 6.11. The second-order valence-electron chi connectivity index (χ2n) is 6.84. The highest BCUT2D eigenvalue weighted by Gasteiger charge is 2.31. The number of aromatic nitrogens is 1. The Bertz CT molecular complexity index is 742. The minimum Gasteiger partial charge on any atom is -0.347 e. The van der Waals surface area contributed by atoms with Crippen molar-refractivity contribution in [1.82, 2.24) is 9.88 Å². The first kappa shape index (κ1) is 15.6. The van der Waals surface area contributed by atoms with Crippen LogP contribution in [0.1, 0.15) is 29.7 Å². The molecule has 0 aliphatic carbocycles. The Hall–Kier alpha value is -1.88. The summed E-state index contributed by atoms with van der Waals surface area (Å²) in [5.74, 6) is 0.427. The average molecular weight is 341 g/mol. The van der Waals surface area contributed by atoms with Crippen molar-refractivity contribution in [3.8, 4) is 0 Å². The zero-order valence-corrected chi connectivity index (χ0v) is 14.9. The number of thiazole rings is 1. The fourth-order valence-electron chi connectivity index (χ4n) is 3.78. The van der Waals surface area contributed by atoms with Crippen molar-refractivity contribution < 1.29 is 4.79 Å². The molecule has 1 aromatic heterocycles. The second kappa shape index (κ2) is 6.55. The Morgan fingerprint density at radius 3 is 2.88 bits per heavy atom. The zero-order chi connectivity index (χ0) is 16.5. The van der Waals surface area contributed by atoms with Gasteiger partial charge in [-0.3, -0.25) is 4.79 Å². The molecule has 0 radical (unpaired) electrons. The highest BCUT2D eigenvalue weighted by Crippen LogP contribution is 2.28. The summed E-state index contributed by atoms with van der Waals surface area (Å²) in [6, 6.07) is 8.50. The van der Waals surface area contributed by atoms with Crippen molar-refractivity contribution in [3.05, 3.63) is 46.5 Å². The van der Waals surface area contributed by atoms with E-state index in [4.69, 9.17) is 0 Å². The standard InChI is InChI=1S/C19H23N3OS/c1-14-13-24-19(20-14)22-9-4-7-17(12-22)18(23)21-10-8-15-5-2-3-6-16(15)11-21/h2-3,5-6,13,17H,4,7-12H2,1H3. The van der Waals surface area contributed by atoms with Gasteiger partial charge in [0, 0.05) is 31.6 Å². The summed E-state index contributed by atoms with van der Waals surface area (Å²) in [5.41, 5.74) is 3.77. The topological polar surface area (TPSA) is 36.4 Å². The SMILES string of the molecule is Cc1csc(N2CCCC(C(=O)N3CCc4ccccc4C3)C2)n1. The largest absolute Gasteiger partial charge is 0.347 e. The van der Waals surface area contributed by atoms with Gasteiger partial charge >= 0.3 is 0 Å². The molecule has 1 amide bonds. The Morgan fingerprint density at radius 1 is 1.25 bits per heavy atom. The van der Waals surface area contributed by atoms with Gasteiger partial charge in [0.05, 0.1) is 11.6 Å². The number of nitrogens with zero attached hydrogens (tertiary/aromatic N) is 3. The van der Waals surface area contributed by atoms with Crippen LogP contribution in [0.25, 0.3) is 0 Å². The Labute approximate surface area is 147 Å². The molecule has 0 bridgehead atoms. The van der Waals surface area contributed by atoms with Crippen molar-refractivity contribution in [2.45, 2.75) is 32.7 Å². The minimum absolute atomic E-state index is 0.105. The van der Waals surface area contributed by atoms with E-state index in [0.29, 0.717) is 5.91 Å². The molecule has 2 aromatic rings. The van der Waals surface area contributed by atoms with E-state index in [1.54, 1.807) is 11.3 Å². The maximum absolute atomic E-state index is 13.0. The van der Waals surface area contributed by atoms with Crippen LogP contribution in [0, 0.1) is 12.8 Å². The molecule has 1 saturated heterocycles. The maximum atomic E-state index is 13.0. The predicted molar refractivity (Wildman–Crippen MR) is 97.4 cm³/mol. The van der Waals surface area contributed by atoms with Gasteiger partial charge in [0.15, 0.2) is 5.13 Å². The monoisotopic (exact) mass is 341 g/mol. The molecular formula is C19H23N3OS. The molecule has 1 atom stereocenters. The first-order chi connectivity index (χ1) is 11.7. The predicted octanol–water partition coefficient (Wildman–Crippen LogP) is 3.25. The number of aryl methyl sites for hydroxylation is 1. The summed E-state index contributed by atoms with van der Waals surface area (Å²) in [7, 11) is 0. The number of rotatable bonds is 2. The summed E-state index contributed by atoms with van der Waals surface area (Å²) in [5, 5.41) is 3.15. The number of anilines is 1. The molecule has 2 aliphatic heterocycles. The molecule has 1 aromatic carbocycles. The lowest BCUT2D eigenvalue weighted by Crippen LogP contribution is -2.46. The number of piperidine rings is 1. The van der Waals surface area contributed by atoms with Gasteiger partial charge in [-0.15, -0.1) is 11.3 Å². The molecule has 0 N–H and O–H groups in total. The number of fused-ring (bicyclic) bond motifs is 1. The summed E-state index contributed by atoms with van der Waals surface area (Å²) in [6.45, 7) is 5.46. The molecule has 0 spiro atoms. The number of carbonyl (C=O) groups excluding carboxylic acids is 1. The average Bonchev–Trinajstić information content (AvgIpc) is 3.07. The van der Waals surface area contributed by atoms with Crippen LogP contribution < -0.4 is 4.90 Å². The first-order valence-corrected chi connectivity index (χ1v) is 9.61. The van der Waals surface area contributed by atoms with Crippen LogP contribution in [0.4, 0.5) is 5.13 Å². The normalized spacial score (nSPS) is 20.8. The van der Waals surface area contributed by atoms with E-state index in [-0.39, 0.29) is 5.92 Å². The van der Waals surface area contributed by atoms with Crippen LogP contribution in [0.15, 0.2) is 29.6 Å². The Morgan fingerprint density at radius 2 is 2.08 bits per heavy atom. The van der Waals surface area contributed by atoms with Crippen LogP contribution in [0.2, 0.25) is 0 Å². The molecule has 1 unspecified atom stereocenters. The molecule has 0 saturated carbocycles. The van der Waals surface area contributed by atoms with Gasteiger partial charge < -0.3 is 9.80 Å². The quantitative estimate of drug-likeness (QED) is 0.841. The molecule has 24 heavy (non-hydrogen) atoms. The Kier molecular flexibility index (Phi) is 4.27. The van der Waals surface area contributed by atoms with Crippen molar-refractivity contribution in [3.63, 3.8) is 0 Å². The molecule has 2 aliphatic rings. The van der Waals surface area contributed by atoms with Gasteiger partial charge in [-0.2, -0.15) is 0 Å². The molecule has 4 nitrogen and oxygen atoms in total. The van der Waals surface area contributed by atoms with Gasteiger partial charge in [-0.25, -0.2) is 4.98 Å². The molecule has 3 heterocycles.